The summed E-state index contributed by atoms with van der Waals surface area (Å²) in [6.45, 7) is -0.569. The van der Waals surface area contributed by atoms with Gasteiger partial charge in [-0.15, -0.1) is 0 Å². The Labute approximate surface area is 81.2 Å². The first kappa shape index (κ1) is 10.1. The molecule has 0 amide bonds. The molecule has 1 aromatic rings. The van der Waals surface area contributed by atoms with Crippen molar-refractivity contribution in [1.29, 1.82) is 0 Å². The highest BCUT2D eigenvalue weighted by atomic mass is 35.5. The number of hydrogen-bond acceptors (Lipinski definition) is 2. The van der Waals surface area contributed by atoms with E-state index in [1.54, 1.807) is 6.07 Å². The molecular formula is C9H10ClFO2. The van der Waals surface area contributed by atoms with Gasteiger partial charge >= 0.3 is 0 Å². The number of hydrogen-bond donors (Lipinski definition) is 0. The number of halogens is 2. The van der Waals surface area contributed by atoms with E-state index in [4.69, 9.17) is 21.1 Å². The summed E-state index contributed by atoms with van der Waals surface area (Å²) >= 11 is 5.82. The Kier molecular flexibility index (Phi) is 3.37. The topological polar surface area (TPSA) is 18.5 Å². The van der Waals surface area contributed by atoms with Gasteiger partial charge in [0.25, 0.3) is 0 Å². The highest BCUT2D eigenvalue weighted by molar-refractivity contribution is 6.32. The first-order chi connectivity index (χ1) is 6.22. The minimum absolute atomic E-state index is 0.356. The van der Waals surface area contributed by atoms with E-state index < -0.39 is 6.67 Å². The van der Waals surface area contributed by atoms with E-state index >= 15 is 0 Å². The Morgan fingerprint density at radius 1 is 1.31 bits per heavy atom. The molecule has 0 fully saturated rings. The molecule has 0 atom stereocenters. The van der Waals surface area contributed by atoms with Gasteiger partial charge < -0.3 is 9.47 Å². The second kappa shape index (κ2) is 4.33. The minimum atomic E-state index is -0.569. The fourth-order valence-electron chi connectivity index (χ4n) is 1.05. The highest BCUT2D eigenvalue weighted by Crippen LogP contribution is 2.36. The lowest BCUT2D eigenvalue weighted by Crippen LogP contribution is -1.93. The molecule has 4 heteroatoms. The summed E-state index contributed by atoms with van der Waals surface area (Å²) in [5, 5.41) is 0.356. The maximum absolute atomic E-state index is 12.3. The third-order valence-corrected chi connectivity index (χ3v) is 1.93. The van der Waals surface area contributed by atoms with E-state index in [1.807, 2.05) is 0 Å². The summed E-state index contributed by atoms with van der Waals surface area (Å²) < 4.78 is 22.3. The monoisotopic (exact) mass is 204 g/mol. The zero-order valence-corrected chi connectivity index (χ0v) is 8.19. The van der Waals surface area contributed by atoms with Crippen molar-refractivity contribution in [3.63, 3.8) is 0 Å². The molecule has 0 radical (unpaired) electrons. The smallest absolute Gasteiger partial charge is 0.179 e. The summed E-state index contributed by atoms with van der Waals surface area (Å²) in [4.78, 5) is 0. The van der Waals surface area contributed by atoms with Crippen LogP contribution in [0, 0.1) is 0 Å². The van der Waals surface area contributed by atoms with E-state index in [9.17, 15) is 4.39 Å². The number of benzene rings is 1. The van der Waals surface area contributed by atoms with Crippen LogP contribution in [-0.2, 0) is 6.67 Å². The van der Waals surface area contributed by atoms with Crippen molar-refractivity contribution < 1.29 is 13.9 Å². The van der Waals surface area contributed by atoms with Crippen LogP contribution in [-0.4, -0.2) is 14.2 Å². The minimum Gasteiger partial charge on any atom is -0.493 e. The van der Waals surface area contributed by atoms with E-state index in [-0.39, 0.29) is 0 Å². The Bertz CT molecular complexity index is 302. The zero-order chi connectivity index (χ0) is 9.84. The predicted octanol–water partition coefficient (Wildman–Crippen LogP) is 2.83. The Balaban J connectivity index is 3.20. The molecule has 0 unspecified atom stereocenters. The molecule has 0 N–H and O–H groups in total. The second-order valence-electron chi connectivity index (χ2n) is 2.45. The van der Waals surface area contributed by atoms with Gasteiger partial charge in [0.2, 0.25) is 0 Å². The standard InChI is InChI=1S/C9H10ClFO2/c1-12-8-4-6(5-11)3-7(10)9(8)13-2/h3-4H,5H2,1-2H3. The van der Waals surface area contributed by atoms with Gasteiger partial charge in [-0.3, -0.25) is 0 Å². The van der Waals surface area contributed by atoms with E-state index in [2.05, 4.69) is 0 Å². The van der Waals surface area contributed by atoms with Gasteiger partial charge in [0.1, 0.15) is 6.67 Å². The Hall–Kier alpha value is -0.960. The van der Waals surface area contributed by atoms with Crippen molar-refractivity contribution in [2.75, 3.05) is 14.2 Å². The van der Waals surface area contributed by atoms with Crippen molar-refractivity contribution in [2.24, 2.45) is 0 Å². The molecule has 2 nitrogen and oxygen atoms in total. The first-order valence-electron chi connectivity index (χ1n) is 3.69. The fraction of sp³-hybridized carbons (Fsp3) is 0.333. The highest BCUT2D eigenvalue weighted by Gasteiger charge is 2.10. The van der Waals surface area contributed by atoms with Crippen LogP contribution in [0.5, 0.6) is 11.5 Å². The molecular weight excluding hydrogens is 195 g/mol. The molecule has 0 saturated heterocycles. The van der Waals surface area contributed by atoms with Crippen LogP contribution in [0.3, 0.4) is 0 Å². The molecule has 0 aliphatic rings. The van der Waals surface area contributed by atoms with E-state index in [0.717, 1.165) is 0 Å². The summed E-state index contributed by atoms with van der Waals surface area (Å²) in [5.41, 5.74) is 0.475. The van der Waals surface area contributed by atoms with Crippen molar-refractivity contribution in [1.82, 2.24) is 0 Å². The maximum atomic E-state index is 12.3. The lowest BCUT2D eigenvalue weighted by molar-refractivity contribution is 0.353. The number of alkyl halides is 1. The molecule has 0 bridgehead atoms. The van der Waals surface area contributed by atoms with Crippen LogP contribution in [0.2, 0.25) is 5.02 Å². The molecule has 13 heavy (non-hydrogen) atoms. The molecule has 0 spiro atoms. The number of ether oxygens (including phenoxy) is 2. The van der Waals surface area contributed by atoms with Crippen LogP contribution >= 0.6 is 11.6 Å². The summed E-state index contributed by atoms with van der Waals surface area (Å²) in [7, 11) is 2.97. The summed E-state index contributed by atoms with van der Waals surface area (Å²) in [6, 6.07) is 3.08. The molecule has 0 saturated carbocycles. The van der Waals surface area contributed by atoms with Crippen LogP contribution in [0.4, 0.5) is 4.39 Å². The van der Waals surface area contributed by atoms with E-state index in [1.165, 1.54) is 20.3 Å². The molecule has 1 aromatic carbocycles. The van der Waals surface area contributed by atoms with Gasteiger partial charge in [0.05, 0.1) is 19.2 Å². The van der Waals surface area contributed by atoms with Gasteiger partial charge in [-0.05, 0) is 17.7 Å². The average molecular weight is 205 g/mol. The molecule has 72 valence electrons. The van der Waals surface area contributed by atoms with Gasteiger partial charge in [-0.1, -0.05) is 11.6 Å². The molecule has 0 aromatic heterocycles. The summed E-state index contributed by atoms with van der Waals surface area (Å²) in [5.74, 6) is 0.879. The van der Waals surface area contributed by atoms with Crippen LogP contribution in [0.15, 0.2) is 12.1 Å². The van der Waals surface area contributed by atoms with Crippen molar-refractivity contribution >= 4 is 11.6 Å². The van der Waals surface area contributed by atoms with Crippen molar-refractivity contribution in [2.45, 2.75) is 6.67 Å². The number of methoxy groups -OCH3 is 2. The van der Waals surface area contributed by atoms with Crippen LogP contribution in [0.25, 0.3) is 0 Å². The van der Waals surface area contributed by atoms with E-state index in [0.29, 0.717) is 22.1 Å². The molecule has 0 aliphatic carbocycles. The largest absolute Gasteiger partial charge is 0.493 e. The summed E-state index contributed by atoms with van der Waals surface area (Å²) in [6.07, 6.45) is 0. The normalized spacial score (nSPS) is 9.85. The van der Waals surface area contributed by atoms with Gasteiger partial charge in [0.15, 0.2) is 11.5 Å². The average Bonchev–Trinajstić information content (AvgIpc) is 2.16. The SMILES string of the molecule is COc1cc(CF)cc(Cl)c1OC. The third kappa shape index (κ3) is 2.04. The maximum Gasteiger partial charge on any atom is 0.179 e. The Morgan fingerprint density at radius 2 is 2.00 bits per heavy atom. The molecule has 1 rings (SSSR count). The fourth-order valence-corrected chi connectivity index (χ4v) is 1.36. The third-order valence-electron chi connectivity index (χ3n) is 1.65. The van der Waals surface area contributed by atoms with Gasteiger partial charge in [0, 0.05) is 0 Å². The van der Waals surface area contributed by atoms with Crippen molar-refractivity contribution in [3.05, 3.63) is 22.7 Å². The van der Waals surface area contributed by atoms with Crippen LogP contribution < -0.4 is 9.47 Å². The zero-order valence-electron chi connectivity index (χ0n) is 7.43. The van der Waals surface area contributed by atoms with Crippen LogP contribution in [0.1, 0.15) is 5.56 Å². The predicted molar refractivity (Wildman–Crippen MR) is 49.4 cm³/mol. The number of rotatable bonds is 3. The molecule has 0 heterocycles. The van der Waals surface area contributed by atoms with Gasteiger partial charge in [-0.25, -0.2) is 4.39 Å². The Morgan fingerprint density at radius 3 is 2.46 bits per heavy atom. The molecule has 0 aliphatic heterocycles. The van der Waals surface area contributed by atoms with Crippen molar-refractivity contribution in [3.8, 4) is 11.5 Å². The second-order valence-corrected chi connectivity index (χ2v) is 2.85. The lowest BCUT2D eigenvalue weighted by atomic mass is 10.2. The quantitative estimate of drug-likeness (QED) is 0.754. The first-order valence-corrected chi connectivity index (χ1v) is 4.07. The van der Waals surface area contributed by atoms with Gasteiger partial charge in [-0.2, -0.15) is 0 Å². The lowest BCUT2D eigenvalue weighted by Gasteiger charge is -2.10.